The highest BCUT2D eigenvalue weighted by molar-refractivity contribution is 5.63. The fraction of sp³-hybridized carbons (Fsp3) is 0.533. The van der Waals surface area contributed by atoms with Crippen molar-refractivity contribution in [3.63, 3.8) is 0 Å². The first-order valence-electron chi connectivity index (χ1n) is 6.34. The molecule has 0 saturated carbocycles. The average molecular weight is 231 g/mol. The lowest BCUT2D eigenvalue weighted by Gasteiger charge is -2.19. The van der Waals surface area contributed by atoms with E-state index < -0.39 is 0 Å². The van der Waals surface area contributed by atoms with Gasteiger partial charge in [-0.25, -0.2) is 4.98 Å². The van der Waals surface area contributed by atoms with Crippen LogP contribution in [0.2, 0.25) is 0 Å². The molecule has 0 saturated heterocycles. The molecule has 0 atom stereocenters. The zero-order valence-electron chi connectivity index (χ0n) is 11.2. The smallest absolute Gasteiger partial charge is 0.213 e. The number of hydrogen-bond acceptors (Lipinski definition) is 2. The third kappa shape index (κ3) is 2.68. The Morgan fingerprint density at radius 1 is 1.29 bits per heavy atom. The van der Waals surface area contributed by atoms with Crippen molar-refractivity contribution in [3.8, 4) is 5.88 Å². The molecule has 17 heavy (non-hydrogen) atoms. The molecule has 1 heterocycles. The number of nitrogens with zero attached hydrogens (tertiary/aromatic N) is 1. The van der Waals surface area contributed by atoms with Crippen LogP contribution in [0.15, 0.2) is 17.7 Å². The largest absolute Gasteiger partial charge is 0.478 e. The maximum absolute atomic E-state index is 5.57. The van der Waals surface area contributed by atoms with E-state index in [0.29, 0.717) is 0 Å². The van der Waals surface area contributed by atoms with Crippen LogP contribution >= 0.6 is 0 Å². The molecule has 0 spiro atoms. The molecular formula is C15H21NO. The summed E-state index contributed by atoms with van der Waals surface area (Å²) < 4.78 is 5.57. The molecule has 1 aliphatic rings. The Morgan fingerprint density at radius 3 is 2.71 bits per heavy atom. The minimum absolute atomic E-state index is 0.227. The lowest BCUT2D eigenvalue weighted by atomic mass is 9.86. The Morgan fingerprint density at radius 2 is 2.06 bits per heavy atom. The maximum atomic E-state index is 5.57. The van der Waals surface area contributed by atoms with Gasteiger partial charge in [-0.2, -0.15) is 0 Å². The number of pyridine rings is 1. The highest BCUT2D eigenvalue weighted by atomic mass is 16.5. The number of fused-ring (bicyclic) bond motifs is 1. The van der Waals surface area contributed by atoms with E-state index in [9.17, 15) is 0 Å². The van der Waals surface area contributed by atoms with Crippen molar-refractivity contribution in [3.05, 3.63) is 29.0 Å². The maximum Gasteiger partial charge on any atom is 0.213 e. The first-order valence-corrected chi connectivity index (χ1v) is 6.34. The van der Waals surface area contributed by atoms with E-state index in [4.69, 9.17) is 4.74 Å². The van der Waals surface area contributed by atoms with Crippen molar-refractivity contribution >= 4 is 6.08 Å². The third-order valence-corrected chi connectivity index (χ3v) is 3.09. The van der Waals surface area contributed by atoms with Crippen molar-refractivity contribution in [1.29, 1.82) is 0 Å². The Hall–Kier alpha value is -1.31. The Kier molecular flexibility index (Phi) is 3.23. The molecule has 2 heteroatoms. The van der Waals surface area contributed by atoms with E-state index in [1.165, 1.54) is 11.1 Å². The Balaban J connectivity index is 2.16. The molecule has 1 aromatic rings. The van der Waals surface area contributed by atoms with Gasteiger partial charge in [0.15, 0.2) is 0 Å². The summed E-state index contributed by atoms with van der Waals surface area (Å²) in [5.41, 5.74) is 4.08. The van der Waals surface area contributed by atoms with Gasteiger partial charge in [0, 0.05) is 12.5 Å². The monoisotopic (exact) mass is 231 g/mol. The van der Waals surface area contributed by atoms with Gasteiger partial charge in [-0.15, -0.1) is 0 Å². The molecule has 0 bridgehead atoms. The summed E-state index contributed by atoms with van der Waals surface area (Å²) in [5, 5.41) is 0. The van der Waals surface area contributed by atoms with Crippen molar-refractivity contribution < 1.29 is 4.74 Å². The predicted molar refractivity (Wildman–Crippen MR) is 71.2 cm³/mol. The van der Waals surface area contributed by atoms with Crippen LogP contribution in [0.25, 0.3) is 6.08 Å². The van der Waals surface area contributed by atoms with E-state index in [2.05, 4.69) is 44.8 Å². The van der Waals surface area contributed by atoms with Crippen LogP contribution in [-0.4, -0.2) is 11.6 Å². The summed E-state index contributed by atoms with van der Waals surface area (Å²) in [6, 6.07) is 4.09. The van der Waals surface area contributed by atoms with Crippen LogP contribution in [0.1, 0.15) is 45.4 Å². The number of ether oxygens (including phenoxy) is 1. The van der Waals surface area contributed by atoms with Gasteiger partial charge in [0.05, 0.1) is 12.3 Å². The molecular weight excluding hydrogens is 210 g/mol. The number of hydrogen-bond donors (Lipinski definition) is 0. The van der Waals surface area contributed by atoms with Crippen molar-refractivity contribution in [2.24, 2.45) is 5.41 Å². The minimum atomic E-state index is 0.227. The second-order valence-electron chi connectivity index (χ2n) is 5.63. The van der Waals surface area contributed by atoms with Crippen LogP contribution in [0.3, 0.4) is 0 Å². The second kappa shape index (κ2) is 4.52. The average Bonchev–Trinajstić information content (AvgIpc) is 2.68. The molecule has 0 unspecified atom stereocenters. The van der Waals surface area contributed by atoms with Crippen LogP contribution < -0.4 is 4.74 Å². The van der Waals surface area contributed by atoms with Gasteiger partial charge in [0.1, 0.15) is 0 Å². The van der Waals surface area contributed by atoms with Crippen molar-refractivity contribution in [2.75, 3.05) is 6.61 Å². The third-order valence-electron chi connectivity index (χ3n) is 3.09. The second-order valence-corrected chi connectivity index (χ2v) is 5.63. The van der Waals surface area contributed by atoms with Gasteiger partial charge in [-0.3, -0.25) is 0 Å². The molecule has 1 aromatic heterocycles. The van der Waals surface area contributed by atoms with Crippen LogP contribution in [-0.2, 0) is 6.42 Å². The van der Waals surface area contributed by atoms with Crippen molar-refractivity contribution in [1.82, 2.24) is 4.98 Å². The molecule has 1 aliphatic carbocycles. The van der Waals surface area contributed by atoms with E-state index in [1.807, 2.05) is 6.07 Å². The quantitative estimate of drug-likeness (QED) is 0.788. The number of aromatic nitrogens is 1. The topological polar surface area (TPSA) is 22.1 Å². The normalized spacial score (nSPS) is 14.5. The van der Waals surface area contributed by atoms with Gasteiger partial charge >= 0.3 is 0 Å². The molecule has 0 N–H and O–H groups in total. The highest BCUT2D eigenvalue weighted by Gasteiger charge is 2.24. The summed E-state index contributed by atoms with van der Waals surface area (Å²) in [6.45, 7) is 9.59. The standard InChI is InChI=1S/C15H21NO/c1-5-8-17-14-7-6-11-9-12(15(2,3)4)10-13(11)16-14/h6-7,9H,5,8,10H2,1-4H3. The Labute approximate surface area is 104 Å². The zero-order chi connectivity index (χ0) is 12.5. The van der Waals surface area contributed by atoms with Gasteiger partial charge in [-0.1, -0.05) is 39.3 Å². The first kappa shape index (κ1) is 12.2. The van der Waals surface area contributed by atoms with E-state index in [0.717, 1.165) is 31.0 Å². The summed E-state index contributed by atoms with van der Waals surface area (Å²) in [6.07, 6.45) is 4.25. The zero-order valence-corrected chi connectivity index (χ0v) is 11.2. The summed E-state index contributed by atoms with van der Waals surface area (Å²) in [7, 11) is 0. The summed E-state index contributed by atoms with van der Waals surface area (Å²) in [4.78, 5) is 4.58. The lowest BCUT2D eigenvalue weighted by molar-refractivity contribution is 0.304. The molecule has 0 radical (unpaired) electrons. The van der Waals surface area contributed by atoms with Gasteiger partial charge in [0.2, 0.25) is 5.88 Å². The van der Waals surface area contributed by atoms with Crippen LogP contribution in [0.5, 0.6) is 5.88 Å². The fourth-order valence-corrected chi connectivity index (χ4v) is 1.95. The van der Waals surface area contributed by atoms with E-state index in [-0.39, 0.29) is 5.41 Å². The molecule has 0 aliphatic heterocycles. The molecule has 0 aromatic carbocycles. The van der Waals surface area contributed by atoms with Gasteiger partial charge < -0.3 is 4.74 Å². The van der Waals surface area contributed by atoms with Crippen molar-refractivity contribution in [2.45, 2.75) is 40.5 Å². The minimum Gasteiger partial charge on any atom is -0.478 e. The van der Waals surface area contributed by atoms with E-state index in [1.54, 1.807) is 0 Å². The SMILES string of the molecule is CCCOc1ccc2c(n1)CC(C(C)(C)C)=C2. The molecule has 0 fully saturated rings. The molecule has 2 rings (SSSR count). The van der Waals surface area contributed by atoms with E-state index >= 15 is 0 Å². The Bertz CT molecular complexity index is 441. The highest BCUT2D eigenvalue weighted by Crippen LogP contribution is 2.36. The summed E-state index contributed by atoms with van der Waals surface area (Å²) >= 11 is 0. The molecule has 92 valence electrons. The number of allylic oxidation sites excluding steroid dienone is 1. The van der Waals surface area contributed by atoms with Gasteiger partial charge in [-0.05, 0) is 23.5 Å². The fourth-order valence-electron chi connectivity index (χ4n) is 1.95. The first-order chi connectivity index (χ1) is 8.00. The van der Waals surface area contributed by atoms with Crippen LogP contribution in [0.4, 0.5) is 0 Å². The molecule has 0 amide bonds. The van der Waals surface area contributed by atoms with Gasteiger partial charge in [0.25, 0.3) is 0 Å². The lowest BCUT2D eigenvalue weighted by Crippen LogP contribution is -2.09. The van der Waals surface area contributed by atoms with Crippen LogP contribution in [0, 0.1) is 5.41 Å². The summed E-state index contributed by atoms with van der Waals surface area (Å²) in [5.74, 6) is 0.758. The molecule has 2 nitrogen and oxygen atoms in total. The number of rotatable bonds is 3. The predicted octanol–water partition coefficient (Wildman–Crippen LogP) is 3.86.